The van der Waals surface area contributed by atoms with Crippen LogP contribution in [0.15, 0.2) is 12.3 Å². The molecule has 0 aromatic carbocycles. The molecule has 0 bridgehead atoms. The lowest BCUT2D eigenvalue weighted by molar-refractivity contribution is 0.115. The molecule has 1 amide bonds. The van der Waals surface area contributed by atoms with Crippen LogP contribution >= 0.6 is 0 Å². The minimum atomic E-state index is -0.253. The van der Waals surface area contributed by atoms with E-state index in [-0.39, 0.29) is 12.1 Å². The van der Waals surface area contributed by atoms with E-state index in [0.717, 1.165) is 19.4 Å². The predicted molar refractivity (Wildman–Crippen MR) is 52.9 cm³/mol. The summed E-state index contributed by atoms with van der Waals surface area (Å²) in [7, 11) is 3.00. The van der Waals surface area contributed by atoms with Gasteiger partial charge in [-0.15, -0.1) is 0 Å². The summed E-state index contributed by atoms with van der Waals surface area (Å²) in [6, 6.07) is 0.190. The van der Waals surface area contributed by atoms with Crippen LogP contribution in [0.3, 0.4) is 0 Å². The maximum atomic E-state index is 11.3. The molecule has 80 valence electrons. The van der Waals surface area contributed by atoms with Crippen molar-refractivity contribution in [3.8, 4) is 0 Å². The Morgan fingerprint density at radius 2 is 2.21 bits per heavy atom. The first-order chi connectivity index (χ1) is 6.69. The highest BCUT2D eigenvalue weighted by molar-refractivity contribution is 5.68. The normalized spacial score (nSPS) is 20.7. The average Bonchev–Trinajstić information content (AvgIpc) is 2.64. The second-order valence-corrected chi connectivity index (χ2v) is 3.41. The highest BCUT2D eigenvalue weighted by Gasteiger charge is 2.29. The number of hydrogen-bond acceptors (Lipinski definition) is 3. The first-order valence-corrected chi connectivity index (χ1v) is 4.75. The van der Waals surface area contributed by atoms with Crippen LogP contribution in [0.4, 0.5) is 4.79 Å². The van der Waals surface area contributed by atoms with Gasteiger partial charge in [-0.2, -0.15) is 0 Å². The zero-order valence-electron chi connectivity index (χ0n) is 8.78. The van der Waals surface area contributed by atoms with E-state index in [0.29, 0.717) is 12.2 Å². The van der Waals surface area contributed by atoms with Crippen molar-refractivity contribution in [2.75, 3.05) is 20.8 Å². The van der Waals surface area contributed by atoms with Gasteiger partial charge in [-0.3, -0.25) is 0 Å². The Morgan fingerprint density at radius 3 is 2.79 bits per heavy atom. The van der Waals surface area contributed by atoms with E-state index in [1.54, 1.807) is 12.0 Å². The van der Waals surface area contributed by atoms with Crippen LogP contribution in [-0.4, -0.2) is 37.8 Å². The Hall–Kier alpha value is -1.19. The lowest BCUT2D eigenvalue weighted by Gasteiger charge is -2.23. The van der Waals surface area contributed by atoms with Crippen molar-refractivity contribution in [3.63, 3.8) is 0 Å². The molecule has 0 unspecified atom stereocenters. The minimum Gasteiger partial charge on any atom is -0.502 e. The summed E-state index contributed by atoms with van der Waals surface area (Å²) < 4.78 is 9.70. The highest BCUT2D eigenvalue weighted by atomic mass is 16.5. The lowest BCUT2D eigenvalue weighted by atomic mass is 10.1. The molecule has 0 aromatic rings. The zero-order chi connectivity index (χ0) is 10.6. The summed E-state index contributed by atoms with van der Waals surface area (Å²) >= 11 is 0. The number of amides is 1. The molecule has 14 heavy (non-hydrogen) atoms. The van der Waals surface area contributed by atoms with Crippen molar-refractivity contribution >= 4 is 6.09 Å². The largest absolute Gasteiger partial charge is 0.502 e. The van der Waals surface area contributed by atoms with E-state index in [2.05, 4.69) is 6.58 Å². The van der Waals surface area contributed by atoms with Gasteiger partial charge in [-0.1, -0.05) is 6.58 Å². The molecule has 1 heterocycles. The van der Waals surface area contributed by atoms with Gasteiger partial charge in [0.2, 0.25) is 0 Å². The molecule has 0 N–H and O–H groups in total. The second-order valence-electron chi connectivity index (χ2n) is 3.41. The van der Waals surface area contributed by atoms with E-state index in [4.69, 9.17) is 9.47 Å². The van der Waals surface area contributed by atoms with E-state index in [1.807, 2.05) is 0 Å². The number of hydrogen-bond donors (Lipinski definition) is 0. The van der Waals surface area contributed by atoms with Crippen LogP contribution in [0.2, 0.25) is 0 Å². The Labute approximate surface area is 84.5 Å². The molecule has 1 aliphatic rings. The Kier molecular flexibility index (Phi) is 3.80. The van der Waals surface area contributed by atoms with Crippen LogP contribution in [0, 0.1) is 0 Å². The zero-order valence-corrected chi connectivity index (χ0v) is 8.78. The highest BCUT2D eigenvalue weighted by Crippen LogP contribution is 2.23. The van der Waals surface area contributed by atoms with Crippen molar-refractivity contribution in [2.45, 2.75) is 25.3 Å². The fourth-order valence-electron chi connectivity index (χ4n) is 1.75. The number of carbonyl (C=O) groups excluding carboxylic acids is 1. The van der Waals surface area contributed by atoms with Gasteiger partial charge in [-0.25, -0.2) is 4.79 Å². The molecule has 0 aliphatic carbocycles. The molecule has 0 saturated carbocycles. The number of nitrogens with zero attached hydrogens (tertiary/aromatic N) is 1. The van der Waals surface area contributed by atoms with Gasteiger partial charge in [-0.05, 0) is 12.8 Å². The van der Waals surface area contributed by atoms with Gasteiger partial charge < -0.3 is 14.4 Å². The molecule has 1 atom stereocenters. The Morgan fingerprint density at radius 1 is 1.50 bits per heavy atom. The van der Waals surface area contributed by atoms with E-state index >= 15 is 0 Å². The summed E-state index contributed by atoms with van der Waals surface area (Å²) in [5.41, 5.74) is 0. The third kappa shape index (κ3) is 2.40. The van der Waals surface area contributed by atoms with E-state index < -0.39 is 0 Å². The molecule has 1 saturated heterocycles. The van der Waals surface area contributed by atoms with Gasteiger partial charge in [0.25, 0.3) is 0 Å². The summed E-state index contributed by atoms with van der Waals surface area (Å²) in [4.78, 5) is 13.1. The Balaban J connectivity index is 2.51. The molecule has 4 heteroatoms. The molecule has 0 spiro atoms. The molecule has 1 aliphatic heterocycles. The Bertz CT molecular complexity index is 227. The standard InChI is InChI=1S/C10H17NO3/c1-8(13-2)7-9-5-4-6-11(9)10(12)14-3/h9H,1,4-7H2,2-3H3/t9-/m0/s1. The van der Waals surface area contributed by atoms with Crippen molar-refractivity contribution in [1.82, 2.24) is 4.90 Å². The fourth-order valence-corrected chi connectivity index (χ4v) is 1.75. The van der Waals surface area contributed by atoms with Crippen molar-refractivity contribution < 1.29 is 14.3 Å². The van der Waals surface area contributed by atoms with Gasteiger partial charge in [0.05, 0.1) is 20.0 Å². The van der Waals surface area contributed by atoms with Crippen LogP contribution in [0.25, 0.3) is 0 Å². The molecule has 0 radical (unpaired) electrons. The monoisotopic (exact) mass is 199 g/mol. The number of carbonyl (C=O) groups is 1. The summed E-state index contributed by atoms with van der Waals surface area (Å²) in [5, 5.41) is 0. The van der Waals surface area contributed by atoms with E-state index in [1.165, 1.54) is 7.11 Å². The van der Waals surface area contributed by atoms with Gasteiger partial charge in [0.1, 0.15) is 0 Å². The molecular weight excluding hydrogens is 182 g/mol. The SMILES string of the molecule is C=C(C[C@@H]1CCCN1C(=O)OC)OC. The van der Waals surface area contributed by atoms with Gasteiger partial charge in [0.15, 0.2) is 0 Å². The topological polar surface area (TPSA) is 38.8 Å². The van der Waals surface area contributed by atoms with Crippen LogP contribution < -0.4 is 0 Å². The number of likely N-dealkylation sites (tertiary alicyclic amines) is 1. The first-order valence-electron chi connectivity index (χ1n) is 4.75. The van der Waals surface area contributed by atoms with Crippen LogP contribution in [0.1, 0.15) is 19.3 Å². The summed E-state index contributed by atoms with van der Waals surface area (Å²) in [6.07, 6.45) is 2.47. The van der Waals surface area contributed by atoms with Crippen LogP contribution in [-0.2, 0) is 9.47 Å². The maximum absolute atomic E-state index is 11.3. The molecule has 1 fully saturated rings. The average molecular weight is 199 g/mol. The van der Waals surface area contributed by atoms with Crippen LogP contribution in [0.5, 0.6) is 0 Å². The predicted octanol–water partition coefficient (Wildman–Crippen LogP) is 1.77. The van der Waals surface area contributed by atoms with Gasteiger partial charge in [0, 0.05) is 19.0 Å². The third-order valence-corrected chi connectivity index (χ3v) is 2.54. The molecule has 4 nitrogen and oxygen atoms in total. The van der Waals surface area contributed by atoms with Gasteiger partial charge >= 0.3 is 6.09 Å². The lowest BCUT2D eigenvalue weighted by Crippen LogP contribution is -2.35. The summed E-state index contributed by atoms with van der Waals surface area (Å²) in [6.45, 7) is 4.53. The third-order valence-electron chi connectivity index (χ3n) is 2.54. The number of rotatable bonds is 3. The minimum absolute atomic E-state index is 0.190. The molecular formula is C10H17NO3. The molecule has 1 rings (SSSR count). The van der Waals surface area contributed by atoms with Crippen molar-refractivity contribution in [2.24, 2.45) is 0 Å². The fraction of sp³-hybridized carbons (Fsp3) is 0.700. The second kappa shape index (κ2) is 4.88. The number of methoxy groups -OCH3 is 2. The van der Waals surface area contributed by atoms with Crippen molar-refractivity contribution in [3.05, 3.63) is 12.3 Å². The first kappa shape index (κ1) is 10.9. The maximum Gasteiger partial charge on any atom is 0.409 e. The number of ether oxygens (including phenoxy) is 2. The molecule has 0 aromatic heterocycles. The summed E-state index contributed by atoms with van der Waals surface area (Å²) in [5.74, 6) is 0.714. The van der Waals surface area contributed by atoms with Crippen molar-refractivity contribution in [1.29, 1.82) is 0 Å². The smallest absolute Gasteiger partial charge is 0.409 e. The van der Waals surface area contributed by atoms with E-state index in [9.17, 15) is 4.79 Å². The quantitative estimate of drug-likeness (QED) is 0.650.